The molecule has 59 heavy (non-hydrogen) atoms. The highest BCUT2D eigenvalue weighted by molar-refractivity contribution is 6.05. The summed E-state index contributed by atoms with van der Waals surface area (Å²) in [6.07, 6.45) is 4.17. The molecule has 21 nitrogen and oxygen atoms in total. The monoisotopic (exact) mass is 812 g/mol. The van der Waals surface area contributed by atoms with Crippen molar-refractivity contribution in [1.82, 2.24) is 29.1 Å². The van der Waals surface area contributed by atoms with Crippen molar-refractivity contribution in [1.29, 1.82) is 0 Å². The Morgan fingerprint density at radius 2 is 1.17 bits per heavy atom. The van der Waals surface area contributed by atoms with Crippen LogP contribution >= 0.6 is 0 Å². The van der Waals surface area contributed by atoms with Gasteiger partial charge in [-0.15, -0.1) is 0 Å². The zero-order valence-electron chi connectivity index (χ0n) is 32.3. The zero-order chi connectivity index (χ0) is 42.5. The Kier molecular flexibility index (Phi) is 12.0. The van der Waals surface area contributed by atoms with Crippen LogP contribution in [0.2, 0.25) is 0 Å². The maximum atomic E-state index is 13.6. The van der Waals surface area contributed by atoms with Crippen molar-refractivity contribution < 1.29 is 52.5 Å². The zero-order valence-corrected chi connectivity index (χ0v) is 32.3. The molecule has 4 heterocycles. The van der Waals surface area contributed by atoms with Gasteiger partial charge in [0.05, 0.1) is 29.0 Å². The van der Waals surface area contributed by atoms with Gasteiger partial charge in [-0.05, 0) is 37.1 Å². The molecule has 6 aromatic rings. The topological polar surface area (TPSA) is 308 Å². The second-order valence-corrected chi connectivity index (χ2v) is 12.9. The fourth-order valence-electron chi connectivity index (χ4n) is 6.26. The molecule has 0 aliphatic heterocycles. The fourth-order valence-corrected chi connectivity index (χ4v) is 6.26. The van der Waals surface area contributed by atoms with Crippen LogP contribution in [0.25, 0.3) is 22.1 Å². The van der Waals surface area contributed by atoms with Crippen LogP contribution in [0.1, 0.15) is 78.8 Å². The molecule has 308 valence electrons. The molecule has 6 rings (SSSR count). The second kappa shape index (κ2) is 17.3. The Hall–Kier alpha value is -7.55. The van der Waals surface area contributed by atoms with Gasteiger partial charge in [0.2, 0.25) is 35.2 Å². The number of oxazole rings is 2. The number of fused-ring (bicyclic) bond motifs is 2. The number of benzene rings is 2. The van der Waals surface area contributed by atoms with E-state index in [1.165, 1.54) is 28.8 Å². The molecule has 8 N–H and O–H groups in total. The lowest BCUT2D eigenvalue weighted by atomic mass is 10.1. The number of carboxylic acids is 1. The van der Waals surface area contributed by atoms with Crippen molar-refractivity contribution in [3.05, 3.63) is 82.2 Å². The molecule has 0 saturated carbocycles. The van der Waals surface area contributed by atoms with Crippen molar-refractivity contribution in [2.24, 2.45) is 11.5 Å². The molecular weight excluding hydrogens is 772 g/mol. The highest BCUT2D eigenvalue weighted by Crippen LogP contribution is 2.33. The normalized spacial score (nSPS) is 11.4. The first-order valence-corrected chi connectivity index (χ1v) is 18.2. The maximum Gasteiger partial charge on any atom is 0.341 e. The number of ether oxygens (including phenoxy) is 2. The van der Waals surface area contributed by atoms with E-state index in [0.717, 1.165) is 0 Å². The molecule has 0 spiro atoms. The van der Waals surface area contributed by atoms with Crippen LogP contribution < -0.4 is 31.6 Å². The van der Waals surface area contributed by atoms with Crippen LogP contribution in [0.5, 0.6) is 11.5 Å². The van der Waals surface area contributed by atoms with Crippen LogP contribution in [0.4, 0.5) is 11.9 Å². The highest BCUT2D eigenvalue weighted by atomic mass is 16.5. The van der Waals surface area contributed by atoms with E-state index < -0.39 is 36.2 Å². The number of nitrogens with zero attached hydrogens (tertiary/aromatic N) is 6. The van der Waals surface area contributed by atoms with Gasteiger partial charge in [-0.2, -0.15) is 0 Å². The van der Waals surface area contributed by atoms with E-state index in [0.29, 0.717) is 35.6 Å². The van der Waals surface area contributed by atoms with Gasteiger partial charge >= 0.3 is 5.97 Å². The first-order valence-electron chi connectivity index (χ1n) is 18.2. The molecule has 0 saturated heterocycles. The van der Waals surface area contributed by atoms with Crippen LogP contribution in [0.15, 0.2) is 45.3 Å². The summed E-state index contributed by atoms with van der Waals surface area (Å²) in [5.41, 5.74) is 13.0. The summed E-state index contributed by atoms with van der Waals surface area (Å²) in [7, 11) is 0. The number of carbonyl (C=O) groups excluding carboxylic acids is 4. The fraction of sp³-hybridized carbons (Fsp3) is 0.289. The summed E-state index contributed by atoms with van der Waals surface area (Å²) in [6, 6.07) is 5.48. The third-order valence-electron chi connectivity index (χ3n) is 8.77. The second-order valence-electron chi connectivity index (χ2n) is 12.9. The quantitative estimate of drug-likeness (QED) is 0.0680. The summed E-state index contributed by atoms with van der Waals surface area (Å²) in [6.45, 7) is 5.55. The van der Waals surface area contributed by atoms with Crippen molar-refractivity contribution in [3.8, 4) is 11.5 Å². The van der Waals surface area contributed by atoms with Crippen LogP contribution in [0.3, 0.4) is 0 Å². The molecule has 21 heteroatoms. The number of aliphatic hydroxyl groups excluding tert-OH is 1. The number of aryl methyl sites for hydroxylation is 4. The Morgan fingerprint density at radius 3 is 1.56 bits per heavy atom. The number of carbonyl (C=O) groups is 5. The van der Waals surface area contributed by atoms with E-state index in [2.05, 4.69) is 30.6 Å². The van der Waals surface area contributed by atoms with E-state index in [1.54, 1.807) is 30.6 Å². The number of aromatic nitrogens is 6. The Labute approximate surface area is 334 Å². The lowest BCUT2D eigenvalue weighted by Crippen LogP contribution is -2.17. The molecular formula is C38H40N10O11. The lowest BCUT2D eigenvalue weighted by molar-refractivity contribution is -0.139. The van der Waals surface area contributed by atoms with Gasteiger partial charge in [0.25, 0.3) is 11.8 Å². The van der Waals surface area contributed by atoms with Gasteiger partial charge < -0.3 is 49.1 Å². The van der Waals surface area contributed by atoms with Crippen LogP contribution in [-0.2, 0) is 30.7 Å². The van der Waals surface area contributed by atoms with Crippen molar-refractivity contribution in [2.45, 2.75) is 53.6 Å². The van der Waals surface area contributed by atoms with E-state index >= 15 is 0 Å². The van der Waals surface area contributed by atoms with Gasteiger partial charge in [0.15, 0.2) is 18.4 Å². The van der Waals surface area contributed by atoms with Gasteiger partial charge in [-0.25, -0.2) is 24.7 Å². The Morgan fingerprint density at radius 1 is 0.729 bits per heavy atom. The molecule has 0 bridgehead atoms. The first-order chi connectivity index (χ1) is 28.2. The summed E-state index contributed by atoms with van der Waals surface area (Å²) in [4.78, 5) is 80.8. The van der Waals surface area contributed by atoms with Gasteiger partial charge in [0, 0.05) is 38.1 Å². The standard InChI is InChI=1S/C38H40N10O11/c1-5-22-31(58-18(3)41-22)35(54)45-37-43-24-13-20(33(39)52)15-26(56-12-11-49)29(24)47(37)9-7-8-10-48-30-25(14-21(34(40)53)16-27(30)57-17-28(50)51)44-38(48)46-36(55)32-23(6-2)42-19(4)59-32/h7-8,13-16,49H,5-6,9-12,17H2,1-4H3,(H2,39,52)(H2,40,53)(H,50,51)(H,43,45,54)(H,44,46,55)/b8-7+. The van der Waals surface area contributed by atoms with E-state index in [1.807, 2.05) is 13.8 Å². The lowest BCUT2D eigenvalue weighted by Gasteiger charge is -2.13. The van der Waals surface area contributed by atoms with Crippen molar-refractivity contribution in [2.75, 3.05) is 30.5 Å². The largest absolute Gasteiger partial charge is 0.489 e. The highest BCUT2D eigenvalue weighted by Gasteiger charge is 2.25. The summed E-state index contributed by atoms with van der Waals surface area (Å²) >= 11 is 0. The number of nitrogens with two attached hydrogens (primary N) is 2. The average molecular weight is 813 g/mol. The van der Waals surface area contributed by atoms with Crippen molar-refractivity contribution >= 4 is 63.6 Å². The molecule has 2 aromatic carbocycles. The predicted molar refractivity (Wildman–Crippen MR) is 208 cm³/mol. The number of primary amides is 2. The minimum atomic E-state index is -1.29. The molecule has 0 aliphatic rings. The van der Waals surface area contributed by atoms with Gasteiger partial charge in [-0.3, -0.25) is 29.8 Å². The Bertz CT molecular complexity index is 2650. The molecule has 0 unspecified atom stereocenters. The first kappa shape index (κ1) is 41.1. The number of anilines is 2. The minimum absolute atomic E-state index is 0.00724. The third-order valence-corrected chi connectivity index (χ3v) is 8.77. The number of aliphatic carboxylic acids is 1. The summed E-state index contributed by atoms with van der Waals surface area (Å²) in [5.74, 6) is -3.59. The number of aliphatic hydroxyl groups is 1. The third kappa shape index (κ3) is 8.73. The van der Waals surface area contributed by atoms with E-state index in [9.17, 15) is 34.2 Å². The molecule has 0 fully saturated rings. The SMILES string of the molecule is CCc1nc(C)oc1C(=O)Nc1nc2cc(C(N)=O)cc(OCCO)c2n1C/C=C/Cn1c(NC(=O)c2oc(C)nc2CC)nc2cc(C(N)=O)cc(OCC(=O)O)c21. The smallest absolute Gasteiger partial charge is 0.341 e. The number of nitrogens with one attached hydrogen (secondary N) is 2. The Balaban J connectivity index is 1.43. The predicted octanol–water partition coefficient (Wildman–Crippen LogP) is 2.90. The van der Waals surface area contributed by atoms with Crippen LogP contribution in [-0.4, -0.2) is 88.7 Å². The maximum absolute atomic E-state index is 13.6. The summed E-state index contributed by atoms with van der Waals surface area (Å²) < 4.78 is 25.7. The van der Waals surface area contributed by atoms with Gasteiger partial charge in [-0.1, -0.05) is 26.0 Å². The molecule has 4 amide bonds. The molecule has 0 aliphatic carbocycles. The number of allylic oxidation sites excluding steroid dienone is 2. The number of hydrogen-bond acceptors (Lipinski definition) is 14. The van der Waals surface area contributed by atoms with Crippen molar-refractivity contribution in [3.63, 3.8) is 0 Å². The number of carboxylic acid groups (broad SMARTS) is 1. The summed E-state index contributed by atoms with van der Waals surface area (Å²) in [5, 5.41) is 24.4. The van der Waals surface area contributed by atoms with Gasteiger partial charge in [0.1, 0.15) is 29.1 Å². The minimum Gasteiger partial charge on any atom is -0.489 e. The molecule has 0 atom stereocenters. The number of imidazole rings is 2. The van der Waals surface area contributed by atoms with E-state index in [-0.39, 0.29) is 94.8 Å². The number of amides is 4. The number of rotatable bonds is 18. The average Bonchev–Trinajstić information content (AvgIpc) is 3.96. The number of hydrogen-bond donors (Lipinski definition) is 6. The van der Waals surface area contributed by atoms with Crippen LogP contribution in [0, 0.1) is 13.8 Å². The molecule has 4 aromatic heterocycles. The molecule has 0 radical (unpaired) electrons. The van der Waals surface area contributed by atoms with E-state index in [4.69, 9.17) is 29.8 Å².